The van der Waals surface area contributed by atoms with Crippen molar-refractivity contribution in [2.24, 2.45) is 0 Å². The molecule has 0 aliphatic rings. The number of aromatic nitrogens is 2. The molecule has 8 aromatic rings. The first kappa shape index (κ1) is 37.2. The summed E-state index contributed by atoms with van der Waals surface area (Å²) in [5, 5.41) is 4.05. The van der Waals surface area contributed by atoms with Crippen LogP contribution in [0.25, 0.3) is 64.9 Å². The van der Waals surface area contributed by atoms with Gasteiger partial charge in [0.1, 0.15) is 0 Å². The van der Waals surface area contributed by atoms with Gasteiger partial charge in [-0.2, -0.15) is 11.3 Å². The summed E-state index contributed by atoms with van der Waals surface area (Å²) >= 11 is 1.83. The summed E-state index contributed by atoms with van der Waals surface area (Å²) in [7, 11) is -1.34. The third kappa shape index (κ3) is 7.79. The van der Waals surface area contributed by atoms with Crippen molar-refractivity contribution in [1.82, 2.24) is 9.97 Å². The van der Waals surface area contributed by atoms with Gasteiger partial charge in [0, 0.05) is 42.8 Å². The van der Waals surface area contributed by atoms with Crippen LogP contribution in [0.15, 0.2) is 140 Å². The quantitative estimate of drug-likeness (QED) is 0.123. The van der Waals surface area contributed by atoms with Gasteiger partial charge in [0.15, 0.2) is 0 Å². The fourth-order valence-electron chi connectivity index (χ4n) is 6.73. The Bertz CT molecular complexity index is 2430. The predicted octanol–water partition coefficient (Wildman–Crippen LogP) is 12.8. The fourth-order valence-corrected chi connectivity index (χ4v) is 9.64. The van der Waals surface area contributed by atoms with Crippen molar-refractivity contribution < 1.29 is 20.1 Å². The van der Waals surface area contributed by atoms with Gasteiger partial charge in [-0.05, 0) is 67.8 Å². The molecule has 0 amide bonds. The zero-order chi connectivity index (χ0) is 35.5. The molecule has 3 aromatic heterocycles. The van der Waals surface area contributed by atoms with Crippen molar-refractivity contribution in [3.05, 3.63) is 163 Å². The number of aryl methyl sites for hydroxylation is 1. The maximum Gasteiger partial charge on any atom is 0.0799 e. The smallest absolute Gasteiger partial charge is 0.0799 e. The van der Waals surface area contributed by atoms with Crippen LogP contribution < -0.4 is 5.19 Å². The molecule has 5 aromatic carbocycles. The molecule has 52 heavy (non-hydrogen) atoms. The summed E-state index contributed by atoms with van der Waals surface area (Å²) in [6.45, 7) is 13.8. The Morgan fingerprint density at radius 3 is 1.96 bits per heavy atom. The molecule has 8 rings (SSSR count). The molecule has 0 aliphatic carbocycles. The fraction of sp³-hybridized carbons (Fsp3) is 0.149. The van der Waals surface area contributed by atoms with Gasteiger partial charge in [-0.1, -0.05) is 129 Å². The number of benzene rings is 5. The average Bonchev–Trinajstić information content (AvgIpc) is 3.55. The molecule has 0 bridgehead atoms. The third-order valence-corrected chi connectivity index (χ3v) is 12.6. The van der Waals surface area contributed by atoms with Crippen molar-refractivity contribution in [1.29, 1.82) is 0 Å². The summed E-state index contributed by atoms with van der Waals surface area (Å²) in [5.74, 6) is 0.534. The summed E-state index contributed by atoms with van der Waals surface area (Å²) in [6.07, 6.45) is 4.09. The Morgan fingerprint density at radius 1 is 0.654 bits per heavy atom. The van der Waals surface area contributed by atoms with Gasteiger partial charge in [-0.15, -0.1) is 59.7 Å². The van der Waals surface area contributed by atoms with Gasteiger partial charge >= 0.3 is 0 Å². The Balaban J connectivity index is 0.000000200. The van der Waals surface area contributed by atoms with Crippen molar-refractivity contribution in [3.63, 3.8) is 0 Å². The standard InChI is InChI=1S/C30H20NS.C17H22NSi.Ir/c1-20-18-27(31-19-26(20)22-12-6-3-7-13-22)24-15-8-16-25-29-23(21-10-4-2-5-11-21)14-9-17-28(29)32-30(24)25;1-13(2)15-11-16(14-9-7-6-8-10-14)18-12-17(15)19(3,4)5;/h2-14,16-19H,1H3;6-9,11-13H,1-5H3;/q2*-1;. The molecule has 1 radical (unpaired) electrons. The molecule has 0 saturated heterocycles. The van der Waals surface area contributed by atoms with E-state index >= 15 is 0 Å². The number of rotatable bonds is 6. The van der Waals surface area contributed by atoms with Gasteiger partial charge in [0.25, 0.3) is 0 Å². The van der Waals surface area contributed by atoms with Gasteiger partial charge < -0.3 is 9.97 Å². The number of thiophene rings is 1. The SMILES string of the molecule is CC(C)c1cc(-c2[c-]cccc2)ncc1[Si](C)(C)C.Cc1cc(-c2[c-]ccc3c2sc2cccc(-c4ccccc4)c23)ncc1-c1ccccc1.[Ir]. The van der Waals surface area contributed by atoms with Gasteiger partial charge in [0.05, 0.1) is 8.07 Å². The molecular formula is C47H42IrN2SSi-2. The number of nitrogens with zero attached hydrogens (tertiary/aromatic N) is 2. The molecule has 0 aliphatic heterocycles. The molecule has 0 unspecified atom stereocenters. The molecular weight excluding hydrogens is 845 g/mol. The van der Waals surface area contributed by atoms with Crippen LogP contribution in [0.5, 0.6) is 0 Å². The predicted molar refractivity (Wildman–Crippen MR) is 223 cm³/mol. The van der Waals surface area contributed by atoms with Crippen LogP contribution in [0.4, 0.5) is 0 Å². The normalized spacial score (nSPS) is 11.3. The number of hydrogen-bond donors (Lipinski definition) is 0. The minimum atomic E-state index is -1.34. The molecule has 5 heteroatoms. The second-order valence-electron chi connectivity index (χ2n) is 14.3. The minimum Gasteiger partial charge on any atom is -0.305 e. The Hall–Kier alpha value is -4.51. The maximum atomic E-state index is 4.86. The van der Waals surface area contributed by atoms with Crippen molar-refractivity contribution in [2.75, 3.05) is 0 Å². The van der Waals surface area contributed by atoms with E-state index in [2.05, 4.69) is 161 Å². The number of fused-ring (bicyclic) bond motifs is 3. The average molecular weight is 887 g/mol. The van der Waals surface area contributed by atoms with Gasteiger partial charge in [0.2, 0.25) is 0 Å². The van der Waals surface area contributed by atoms with Gasteiger partial charge in [-0.25, -0.2) is 0 Å². The summed E-state index contributed by atoms with van der Waals surface area (Å²) < 4.78 is 2.53. The first-order valence-electron chi connectivity index (χ1n) is 17.6. The zero-order valence-corrected chi connectivity index (χ0v) is 34.7. The van der Waals surface area contributed by atoms with Crippen LogP contribution in [0.2, 0.25) is 19.6 Å². The number of hydrogen-bond acceptors (Lipinski definition) is 3. The summed E-state index contributed by atoms with van der Waals surface area (Å²) in [4.78, 5) is 9.52. The largest absolute Gasteiger partial charge is 0.305 e. The summed E-state index contributed by atoms with van der Waals surface area (Å²) in [5.41, 5.74) is 11.7. The molecule has 261 valence electrons. The van der Waals surface area contributed by atoms with Gasteiger partial charge in [-0.3, -0.25) is 0 Å². The zero-order valence-electron chi connectivity index (χ0n) is 30.5. The van der Waals surface area contributed by atoms with E-state index in [0.717, 1.165) is 22.5 Å². The van der Waals surface area contributed by atoms with Crippen LogP contribution in [0, 0.1) is 19.1 Å². The number of pyridine rings is 2. The van der Waals surface area contributed by atoms with Crippen LogP contribution in [0.1, 0.15) is 30.9 Å². The topological polar surface area (TPSA) is 25.8 Å². The second-order valence-corrected chi connectivity index (χ2v) is 20.4. The molecule has 0 saturated carbocycles. The molecule has 0 spiro atoms. The molecule has 2 nitrogen and oxygen atoms in total. The van der Waals surface area contributed by atoms with Crippen LogP contribution in [0.3, 0.4) is 0 Å². The van der Waals surface area contributed by atoms with Crippen LogP contribution in [-0.4, -0.2) is 18.0 Å². The van der Waals surface area contributed by atoms with Crippen molar-refractivity contribution in [2.45, 2.75) is 46.3 Å². The molecule has 0 atom stereocenters. The van der Waals surface area contributed by atoms with Crippen LogP contribution >= 0.6 is 11.3 Å². The van der Waals surface area contributed by atoms with E-state index in [1.807, 2.05) is 47.9 Å². The minimum absolute atomic E-state index is 0. The van der Waals surface area contributed by atoms with E-state index < -0.39 is 8.07 Å². The third-order valence-electron chi connectivity index (χ3n) is 9.34. The Morgan fingerprint density at radius 2 is 1.33 bits per heavy atom. The molecule has 0 fully saturated rings. The second kappa shape index (κ2) is 16.0. The molecule has 3 heterocycles. The van der Waals surface area contributed by atoms with E-state index in [0.29, 0.717) is 5.92 Å². The van der Waals surface area contributed by atoms with E-state index in [4.69, 9.17) is 4.98 Å². The van der Waals surface area contributed by atoms with E-state index in [1.54, 1.807) is 0 Å². The first-order valence-corrected chi connectivity index (χ1v) is 21.9. The van der Waals surface area contributed by atoms with E-state index in [-0.39, 0.29) is 20.1 Å². The van der Waals surface area contributed by atoms with Crippen molar-refractivity contribution >= 4 is 44.8 Å². The maximum absolute atomic E-state index is 4.86. The van der Waals surface area contributed by atoms with E-state index in [1.165, 1.54) is 58.7 Å². The monoisotopic (exact) mass is 887 g/mol. The summed E-state index contributed by atoms with van der Waals surface area (Å²) in [6, 6.07) is 51.1. The van der Waals surface area contributed by atoms with E-state index in [9.17, 15) is 0 Å². The Kier molecular flexibility index (Phi) is 11.5. The first-order chi connectivity index (χ1) is 24.7. The molecule has 0 N–H and O–H groups in total. The Labute approximate surface area is 327 Å². The van der Waals surface area contributed by atoms with Crippen molar-refractivity contribution in [3.8, 4) is 44.8 Å². The van der Waals surface area contributed by atoms with Crippen LogP contribution in [-0.2, 0) is 20.1 Å².